The summed E-state index contributed by atoms with van der Waals surface area (Å²) in [7, 11) is 0. The van der Waals surface area contributed by atoms with E-state index in [0.29, 0.717) is 16.3 Å². The lowest BCUT2D eigenvalue weighted by atomic mass is 10.3. The summed E-state index contributed by atoms with van der Waals surface area (Å²) in [5.41, 5.74) is 0.932. The van der Waals surface area contributed by atoms with Crippen molar-refractivity contribution in [1.29, 1.82) is 0 Å². The van der Waals surface area contributed by atoms with E-state index in [1.54, 1.807) is 12.1 Å². The van der Waals surface area contributed by atoms with Crippen molar-refractivity contribution < 1.29 is 9.50 Å². The van der Waals surface area contributed by atoms with Gasteiger partial charge in [0.15, 0.2) is 11.6 Å². The SMILES string of the molecule is Oc1ccc(N=Nc2ccccc2S)cc1F. The Morgan fingerprint density at radius 1 is 1.06 bits per heavy atom. The van der Waals surface area contributed by atoms with Gasteiger partial charge < -0.3 is 5.11 Å². The molecule has 0 aliphatic carbocycles. The summed E-state index contributed by atoms with van der Waals surface area (Å²) in [5, 5.41) is 16.8. The van der Waals surface area contributed by atoms with Gasteiger partial charge in [-0.3, -0.25) is 0 Å². The molecule has 0 spiro atoms. The van der Waals surface area contributed by atoms with Gasteiger partial charge in [-0.05, 0) is 24.3 Å². The number of rotatable bonds is 2. The minimum atomic E-state index is -0.722. The molecule has 3 nitrogen and oxygen atoms in total. The number of phenolic OH excluding ortho intramolecular Hbond substituents is 1. The Kier molecular flexibility index (Phi) is 3.39. The predicted octanol–water partition coefficient (Wildman–Crippen LogP) is 4.24. The second-order valence-corrected chi connectivity index (χ2v) is 3.81. The molecule has 0 radical (unpaired) electrons. The molecule has 0 aliphatic heterocycles. The van der Waals surface area contributed by atoms with Gasteiger partial charge in [0.2, 0.25) is 0 Å². The Balaban J connectivity index is 2.26. The molecule has 0 heterocycles. The number of aromatic hydroxyl groups is 1. The first-order valence-electron chi connectivity index (χ1n) is 4.85. The van der Waals surface area contributed by atoms with Crippen LogP contribution in [0.25, 0.3) is 0 Å². The van der Waals surface area contributed by atoms with E-state index in [0.717, 1.165) is 6.07 Å². The molecule has 0 aromatic heterocycles. The molecule has 17 heavy (non-hydrogen) atoms. The molecule has 2 rings (SSSR count). The fourth-order valence-corrected chi connectivity index (χ4v) is 1.42. The number of benzene rings is 2. The van der Waals surface area contributed by atoms with Crippen molar-refractivity contribution in [3.63, 3.8) is 0 Å². The summed E-state index contributed by atoms with van der Waals surface area (Å²) in [4.78, 5) is 0.690. The van der Waals surface area contributed by atoms with Gasteiger partial charge in [0.1, 0.15) is 0 Å². The molecule has 1 N–H and O–H groups in total. The van der Waals surface area contributed by atoms with Gasteiger partial charge in [-0.2, -0.15) is 5.11 Å². The number of halogens is 1. The minimum Gasteiger partial charge on any atom is -0.505 e. The van der Waals surface area contributed by atoms with E-state index in [1.165, 1.54) is 12.1 Å². The van der Waals surface area contributed by atoms with E-state index >= 15 is 0 Å². The first kappa shape index (κ1) is 11.6. The third-order valence-corrected chi connectivity index (χ3v) is 2.46. The van der Waals surface area contributed by atoms with Crippen LogP contribution in [0.5, 0.6) is 5.75 Å². The van der Waals surface area contributed by atoms with Crippen LogP contribution in [-0.4, -0.2) is 5.11 Å². The summed E-state index contributed by atoms with van der Waals surface area (Å²) in [6, 6.07) is 11.0. The van der Waals surface area contributed by atoms with Gasteiger partial charge in [0.25, 0.3) is 0 Å². The molecule has 2 aromatic rings. The highest BCUT2D eigenvalue weighted by molar-refractivity contribution is 7.80. The molecule has 5 heteroatoms. The zero-order valence-corrected chi connectivity index (χ0v) is 9.60. The molecule has 0 bridgehead atoms. The second-order valence-electron chi connectivity index (χ2n) is 3.32. The lowest BCUT2D eigenvalue weighted by Crippen LogP contribution is -1.74. The first-order chi connectivity index (χ1) is 8.16. The third kappa shape index (κ3) is 2.82. The van der Waals surface area contributed by atoms with Gasteiger partial charge in [-0.15, -0.1) is 17.7 Å². The van der Waals surface area contributed by atoms with Gasteiger partial charge in [-0.25, -0.2) is 4.39 Å². The molecular weight excluding hydrogens is 239 g/mol. The van der Waals surface area contributed by atoms with E-state index in [-0.39, 0.29) is 0 Å². The van der Waals surface area contributed by atoms with Crippen LogP contribution < -0.4 is 0 Å². The minimum absolute atomic E-state index is 0.330. The van der Waals surface area contributed by atoms with E-state index in [1.807, 2.05) is 12.1 Å². The van der Waals surface area contributed by atoms with Crippen molar-refractivity contribution in [3.8, 4) is 5.75 Å². The van der Waals surface area contributed by atoms with Crippen molar-refractivity contribution >= 4 is 24.0 Å². The van der Waals surface area contributed by atoms with E-state index < -0.39 is 11.6 Å². The second kappa shape index (κ2) is 4.97. The van der Waals surface area contributed by atoms with Crippen molar-refractivity contribution in [2.24, 2.45) is 10.2 Å². The lowest BCUT2D eigenvalue weighted by molar-refractivity contribution is 0.432. The Hall–Kier alpha value is -1.88. The number of hydrogen-bond acceptors (Lipinski definition) is 4. The highest BCUT2D eigenvalue weighted by Gasteiger charge is 2.00. The average molecular weight is 248 g/mol. The Labute approximate surface area is 103 Å². The predicted molar refractivity (Wildman–Crippen MR) is 65.9 cm³/mol. The van der Waals surface area contributed by atoms with Crippen molar-refractivity contribution in [3.05, 3.63) is 48.3 Å². The number of azo groups is 1. The first-order valence-corrected chi connectivity index (χ1v) is 5.30. The average Bonchev–Trinajstić information content (AvgIpc) is 2.32. The van der Waals surface area contributed by atoms with Crippen LogP contribution >= 0.6 is 12.6 Å². The summed E-state index contributed by atoms with van der Waals surface area (Å²) < 4.78 is 13.0. The van der Waals surface area contributed by atoms with Crippen LogP contribution in [0.1, 0.15) is 0 Å². The maximum Gasteiger partial charge on any atom is 0.167 e. The molecule has 0 saturated heterocycles. The molecule has 0 fully saturated rings. The van der Waals surface area contributed by atoms with Crippen molar-refractivity contribution in [2.45, 2.75) is 4.90 Å². The van der Waals surface area contributed by atoms with Crippen LogP contribution in [0.2, 0.25) is 0 Å². The smallest absolute Gasteiger partial charge is 0.167 e. The van der Waals surface area contributed by atoms with E-state index in [9.17, 15) is 4.39 Å². The topological polar surface area (TPSA) is 45.0 Å². The molecule has 0 atom stereocenters. The fourth-order valence-electron chi connectivity index (χ4n) is 1.22. The van der Waals surface area contributed by atoms with Gasteiger partial charge in [0, 0.05) is 11.0 Å². The molecule has 86 valence electrons. The van der Waals surface area contributed by atoms with E-state index in [4.69, 9.17) is 5.11 Å². The molecule has 0 saturated carbocycles. The summed E-state index contributed by atoms with van der Waals surface area (Å²) >= 11 is 4.21. The van der Waals surface area contributed by atoms with Gasteiger partial charge in [-0.1, -0.05) is 12.1 Å². The fraction of sp³-hybridized carbons (Fsp3) is 0. The Bertz CT molecular complexity index is 572. The number of phenols is 1. The van der Waals surface area contributed by atoms with Gasteiger partial charge >= 0.3 is 0 Å². The molecule has 2 aromatic carbocycles. The highest BCUT2D eigenvalue weighted by Crippen LogP contribution is 2.26. The van der Waals surface area contributed by atoms with Crippen LogP contribution in [0.15, 0.2) is 57.6 Å². The highest BCUT2D eigenvalue weighted by atomic mass is 32.1. The zero-order valence-electron chi connectivity index (χ0n) is 8.71. The van der Waals surface area contributed by atoms with Gasteiger partial charge in [0.05, 0.1) is 11.4 Å². The summed E-state index contributed by atoms with van der Waals surface area (Å²) in [6.07, 6.45) is 0. The monoisotopic (exact) mass is 248 g/mol. The molecule has 0 amide bonds. The maximum absolute atomic E-state index is 13.0. The molecule has 0 aliphatic rings. The normalized spacial score (nSPS) is 10.9. The summed E-state index contributed by atoms with van der Waals surface area (Å²) in [5.74, 6) is -1.13. The van der Waals surface area contributed by atoms with Crippen LogP contribution in [-0.2, 0) is 0 Å². The largest absolute Gasteiger partial charge is 0.505 e. The van der Waals surface area contributed by atoms with Crippen LogP contribution in [0.3, 0.4) is 0 Å². The Morgan fingerprint density at radius 2 is 1.82 bits per heavy atom. The number of nitrogens with zero attached hydrogens (tertiary/aromatic N) is 2. The number of thiol groups is 1. The van der Waals surface area contributed by atoms with Crippen molar-refractivity contribution in [2.75, 3.05) is 0 Å². The van der Waals surface area contributed by atoms with Crippen LogP contribution in [0.4, 0.5) is 15.8 Å². The summed E-state index contributed by atoms with van der Waals surface area (Å²) in [6.45, 7) is 0. The Morgan fingerprint density at radius 3 is 2.53 bits per heavy atom. The third-order valence-electron chi connectivity index (χ3n) is 2.09. The molecule has 0 unspecified atom stereocenters. The number of hydrogen-bond donors (Lipinski definition) is 2. The standard InChI is InChI=1S/C12H9FN2OS/c13-9-7-8(5-6-11(9)16)14-15-10-3-1-2-4-12(10)17/h1-7,16-17H. The zero-order chi connectivity index (χ0) is 12.3. The quantitative estimate of drug-likeness (QED) is 0.606. The van der Waals surface area contributed by atoms with Crippen LogP contribution in [0, 0.1) is 5.82 Å². The molecular formula is C12H9FN2OS. The van der Waals surface area contributed by atoms with Crippen molar-refractivity contribution in [1.82, 2.24) is 0 Å². The van der Waals surface area contributed by atoms with E-state index in [2.05, 4.69) is 22.9 Å². The maximum atomic E-state index is 13.0. The lowest BCUT2D eigenvalue weighted by Gasteiger charge is -1.97.